The molecule has 2 nitrogen and oxygen atoms in total. The van der Waals surface area contributed by atoms with Crippen molar-refractivity contribution >= 4 is 5.71 Å². The molecule has 0 aliphatic heterocycles. The van der Waals surface area contributed by atoms with Crippen LogP contribution in [0, 0.1) is 0 Å². The first kappa shape index (κ1) is 6.95. The van der Waals surface area contributed by atoms with Crippen molar-refractivity contribution in [3.05, 3.63) is 25.1 Å². The molecule has 0 rings (SSSR count). The number of hydrogen-bond donors (Lipinski definition) is 2. The number of nitrogens with two attached hydrogens (primary N) is 1. The van der Waals surface area contributed by atoms with Crippen LogP contribution in [0.3, 0.4) is 0 Å². The van der Waals surface area contributed by atoms with Crippen molar-refractivity contribution in [1.82, 2.24) is 0 Å². The van der Waals surface area contributed by atoms with Crippen LogP contribution in [-0.4, -0.2) is 5.71 Å². The Balaban J connectivity index is 3.74. The Kier molecular flexibility index (Phi) is 3.58. The minimum Gasteiger partial charge on any atom is -0.400 e. The summed E-state index contributed by atoms with van der Waals surface area (Å²) < 4.78 is 0. The molecule has 0 heterocycles. The number of allylic oxidation sites excluding steroid dienone is 1. The first-order valence-corrected chi connectivity index (χ1v) is 2.40. The first-order valence-electron chi connectivity index (χ1n) is 2.40. The predicted molar refractivity (Wildman–Crippen MR) is 35.2 cm³/mol. The van der Waals surface area contributed by atoms with Crippen LogP contribution in [0.2, 0.25) is 0 Å². The molecule has 0 spiro atoms. The van der Waals surface area contributed by atoms with Crippen molar-refractivity contribution in [2.45, 2.75) is 6.92 Å². The zero-order valence-corrected chi connectivity index (χ0v) is 5.02. The Bertz CT molecular complexity index is 122. The zero-order valence-electron chi connectivity index (χ0n) is 5.02. The van der Waals surface area contributed by atoms with Crippen LogP contribution in [0.4, 0.5) is 0 Å². The SMILES string of the molecule is C=CC(C)=[NH+]C=CN. The van der Waals surface area contributed by atoms with E-state index in [1.165, 1.54) is 6.20 Å². The van der Waals surface area contributed by atoms with E-state index in [1.807, 2.05) is 6.92 Å². The van der Waals surface area contributed by atoms with Crippen LogP contribution in [0.15, 0.2) is 25.1 Å². The number of rotatable bonds is 2. The summed E-state index contributed by atoms with van der Waals surface area (Å²) in [6.45, 7) is 5.45. The largest absolute Gasteiger partial charge is 0.400 e. The standard InChI is InChI=1S/C6H10N2/c1-3-6(2)8-5-4-7/h3-5H,1,7H2,2H3/p+1. The molecule has 0 fully saturated rings. The van der Waals surface area contributed by atoms with Crippen LogP contribution in [0.1, 0.15) is 6.92 Å². The monoisotopic (exact) mass is 111 g/mol. The van der Waals surface area contributed by atoms with Crippen molar-refractivity contribution in [3.63, 3.8) is 0 Å². The Morgan fingerprint density at radius 3 is 2.75 bits per heavy atom. The van der Waals surface area contributed by atoms with Crippen LogP contribution in [-0.2, 0) is 0 Å². The van der Waals surface area contributed by atoms with E-state index in [0.717, 1.165) is 5.71 Å². The summed E-state index contributed by atoms with van der Waals surface area (Å²) in [7, 11) is 0. The summed E-state index contributed by atoms with van der Waals surface area (Å²) in [6.07, 6.45) is 4.81. The third kappa shape index (κ3) is 3.15. The summed E-state index contributed by atoms with van der Waals surface area (Å²) in [6, 6.07) is 0. The van der Waals surface area contributed by atoms with Crippen LogP contribution in [0.5, 0.6) is 0 Å². The van der Waals surface area contributed by atoms with Gasteiger partial charge in [-0.25, -0.2) is 4.99 Å². The second-order valence-electron chi connectivity index (χ2n) is 1.39. The van der Waals surface area contributed by atoms with Gasteiger partial charge in [0.05, 0.1) is 6.20 Å². The van der Waals surface area contributed by atoms with Gasteiger partial charge in [0, 0.05) is 6.92 Å². The van der Waals surface area contributed by atoms with Gasteiger partial charge in [-0.2, -0.15) is 0 Å². The van der Waals surface area contributed by atoms with Crippen molar-refractivity contribution in [2.75, 3.05) is 0 Å². The zero-order chi connectivity index (χ0) is 6.41. The first-order chi connectivity index (χ1) is 3.81. The fourth-order valence-corrected chi connectivity index (χ4v) is 0.238. The van der Waals surface area contributed by atoms with E-state index in [2.05, 4.69) is 11.6 Å². The molecular formula is C6H11N2+. The van der Waals surface area contributed by atoms with Gasteiger partial charge >= 0.3 is 0 Å². The Hall–Kier alpha value is -1.05. The molecule has 0 aliphatic rings. The molecule has 0 bridgehead atoms. The van der Waals surface area contributed by atoms with Gasteiger partial charge in [-0.1, -0.05) is 6.58 Å². The maximum atomic E-state index is 5.04. The normalized spacial score (nSPS) is 12.4. The highest BCUT2D eigenvalue weighted by Gasteiger charge is 1.80. The lowest BCUT2D eigenvalue weighted by atomic mass is 10.4. The van der Waals surface area contributed by atoms with Crippen LogP contribution in [0.25, 0.3) is 0 Å². The highest BCUT2D eigenvalue weighted by atomic mass is 14.7. The van der Waals surface area contributed by atoms with Crippen molar-refractivity contribution in [3.8, 4) is 0 Å². The molecule has 0 saturated heterocycles. The molecule has 0 radical (unpaired) electrons. The van der Waals surface area contributed by atoms with Gasteiger partial charge < -0.3 is 5.73 Å². The smallest absolute Gasteiger partial charge is 0.182 e. The van der Waals surface area contributed by atoms with E-state index in [-0.39, 0.29) is 0 Å². The molecule has 0 aromatic carbocycles. The van der Waals surface area contributed by atoms with Gasteiger partial charge in [0.1, 0.15) is 0 Å². The van der Waals surface area contributed by atoms with Gasteiger partial charge in [0.2, 0.25) is 0 Å². The predicted octanol–water partition coefficient (Wildman–Crippen LogP) is -0.856. The van der Waals surface area contributed by atoms with Gasteiger partial charge in [0.25, 0.3) is 0 Å². The quantitative estimate of drug-likeness (QED) is 0.447. The van der Waals surface area contributed by atoms with Gasteiger partial charge in [-0.15, -0.1) is 0 Å². The number of nitrogens with one attached hydrogen (secondary N) is 1. The molecule has 0 unspecified atom stereocenters. The fraction of sp³-hybridized carbons (Fsp3) is 0.167. The summed E-state index contributed by atoms with van der Waals surface area (Å²) in [5.74, 6) is 0. The van der Waals surface area contributed by atoms with E-state index in [9.17, 15) is 0 Å². The van der Waals surface area contributed by atoms with Crippen LogP contribution >= 0.6 is 0 Å². The molecule has 3 N–H and O–H groups in total. The molecule has 2 heteroatoms. The molecule has 8 heavy (non-hydrogen) atoms. The van der Waals surface area contributed by atoms with Crippen molar-refractivity contribution in [1.29, 1.82) is 0 Å². The summed E-state index contributed by atoms with van der Waals surface area (Å²) in [5, 5.41) is 0. The van der Waals surface area contributed by atoms with E-state index >= 15 is 0 Å². The summed E-state index contributed by atoms with van der Waals surface area (Å²) in [5.41, 5.74) is 6.03. The maximum Gasteiger partial charge on any atom is 0.182 e. The van der Waals surface area contributed by atoms with E-state index < -0.39 is 0 Å². The lowest BCUT2D eigenvalue weighted by molar-refractivity contribution is -0.372. The molecule has 0 aromatic rings. The van der Waals surface area contributed by atoms with E-state index in [1.54, 1.807) is 12.3 Å². The van der Waals surface area contributed by atoms with E-state index in [4.69, 9.17) is 5.73 Å². The van der Waals surface area contributed by atoms with Crippen molar-refractivity contribution < 1.29 is 4.99 Å². The Morgan fingerprint density at radius 2 is 2.38 bits per heavy atom. The second-order valence-corrected chi connectivity index (χ2v) is 1.39. The molecule has 0 atom stereocenters. The topological polar surface area (TPSA) is 40.0 Å². The second kappa shape index (κ2) is 4.12. The highest BCUT2D eigenvalue weighted by Crippen LogP contribution is 1.57. The molecule has 0 aromatic heterocycles. The number of hydrogen-bond acceptors (Lipinski definition) is 1. The average molecular weight is 111 g/mol. The molecule has 44 valence electrons. The third-order valence-corrected chi connectivity index (χ3v) is 0.713. The molecule has 0 aliphatic carbocycles. The van der Waals surface area contributed by atoms with Crippen molar-refractivity contribution in [2.24, 2.45) is 5.73 Å². The molecule has 0 saturated carbocycles. The fourth-order valence-electron chi connectivity index (χ4n) is 0.238. The van der Waals surface area contributed by atoms with Gasteiger partial charge in [0.15, 0.2) is 11.9 Å². The summed E-state index contributed by atoms with van der Waals surface area (Å²) >= 11 is 0. The minimum absolute atomic E-state index is 0.992. The van der Waals surface area contributed by atoms with E-state index in [0.29, 0.717) is 0 Å². The lowest BCUT2D eigenvalue weighted by Gasteiger charge is -1.72. The van der Waals surface area contributed by atoms with Gasteiger partial charge in [-0.05, 0) is 6.08 Å². The lowest BCUT2D eigenvalue weighted by Crippen LogP contribution is -2.65. The average Bonchev–Trinajstić information content (AvgIpc) is 1.83. The third-order valence-electron chi connectivity index (χ3n) is 0.713. The van der Waals surface area contributed by atoms with Gasteiger partial charge in [-0.3, -0.25) is 0 Å². The minimum atomic E-state index is 0.992. The maximum absolute atomic E-state index is 5.04. The Morgan fingerprint density at radius 1 is 1.75 bits per heavy atom. The summed E-state index contributed by atoms with van der Waals surface area (Å²) in [4.78, 5) is 2.88. The van der Waals surface area contributed by atoms with Crippen LogP contribution < -0.4 is 10.7 Å². The Labute approximate surface area is 49.4 Å². The highest BCUT2D eigenvalue weighted by molar-refractivity contribution is 5.87. The molecule has 0 amide bonds. The molecular weight excluding hydrogens is 100 g/mol.